The standard InChI is InChI=1S/C22H26N2O/c1-24(2)21(18-10-5-4-6-11-18)16-23-15-20-19-12-8-7-9-17(19)13-14-22(20)25-3/h4-14,21,23H,15-16H2,1-3H3. The lowest BCUT2D eigenvalue weighted by atomic mass is 10.0. The van der Waals surface area contributed by atoms with Crippen molar-refractivity contribution in [3.63, 3.8) is 0 Å². The predicted molar refractivity (Wildman–Crippen MR) is 105 cm³/mol. The van der Waals surface area contributed by atoms with Crippen molar-refractivity contribution >= 4 is 10.8 Å². The largest absolute Gasteiger partial charge is 0.496 e. The number of fused-ring (bicyclic) bond motifs is 1. The topological polar surface area (TPSA) is 24.5 Å². The van der Waals surface area contributed by atoms with Gasteiger partial charge in [-0.25, -0.2) is 0 Å². The smallest absolute Gasteiger partial charge is 0.123 e. The number of nitrogens with zero attached hydrogens (tertiary/aromatic N) is 1. The van der Waals surface area contributed by atoms with Crippen LogP contribution < -0.4 is 10.1 Å². The Morgan fingerprint density at radius 3 is 2.36 bits per heavy atom. The van der Waals surface area contributed by atoms with E-state index in [0.717, 1.165) is 18.8 Å². The van der Waals surface area contributed by atoms with Crippen LogP contribution in [0, 0.1) is 0 Å². The molecule has 3 heteroatoms. The summed E-state index contributed by atoms with van der Waals surface area (Å²) in [7, 11) is 5.98. The fourth-order valence-electron chi connectivity index (χ4n) is 3.30. The molecule has 0 aliphatic heterocycles. The molecule has 25 heavy (non-hydrogen) atoms. The van der Waals surface area contributed by atoms with Gasteiger partial charge in [-0.05, 0) is 36.5 Å². The Hall–Kier alpha value is -2.36. The summed E-state index contributed by atoms with van der Waals surface area (Å²) < 4.78 is 5.59. The maximum atomic E-state index is 5.59. The molecular weight excluding hydrogens is 308 g/mol. The van der Waals surface area contributed by atoms with Crippen molar-refractivity contribution in [3.05, 3.63) is 77.9 Å². The molecule has 0 saturated carbocycles. The average Bonchev–Trinajstić information content (AvgIpc) is 2.65. The van der Waals surface area contributed by atoms with Crippen LogP contribution in [-0.2, 0) is 6.54 Å². The molecule has 0 aromatic heterocycles. The predicted octanol–water partition coefficient (Wildman–Crippen LogP) is 4.24. The Morgan fingerprint density at radius 1 is 0.920 bits per heavy atom. The number of hydrogen-bond donors (Lipinski definition) is 1. The van der Waals surface area contributed by atoms with Gasteiger partial charge in [0.2, 0.25) is 0 Å². The summed E-state index contributed by atoms with van der Waals surface area (Å²) in [6, 6.07) is 23.6. The fraction of sp³-hybridized carbons (Fsp3) is 0.273. The van der Waals surface area contributed by atoms with Gasteiger partial charge in [-0.3, -0.25) is 0 Å². The molecule has 1 atom stereocenters. The third-order valence-corrected chi connectivity index (χ3v) is 4.66. The van der Waals surface area contributed by atoms with Crippen LogP contribution in [0.15, 0.2) is 66.7 Å². The van der Waals surface area contributed by atoms with Gasteiger partial charge in [0.15, 0.2) is 0 Å². The third kappa shape index (κ3) is 4.01. The van der Waals surface area contributed by atoms with Gasteiger partial charge in [0, 0.05) is 24.7 Å². The minimum absolute atomic E-state index is 0.335. The molecule has 3 rings (SSSR count). The molecule has 0 aliphatic rings. The highest BCUT2D eigenvalue weighted by molar-refractivity contribution is 5.87. The van der Waals surface area contributed by atoms with Crippen LogP contribution in [0.5, 0.6) is 5.75 Å². The second-order valence-electron chi connectivity index (χ2n) is 6.49. The van der Waals surface area contributed by atoms with Crippen LogP contribution in [0.2, 0.25) is 0 Å². The SMILES string of the molecule is COc1ccc2ccccc2c1CNCC(c1ccccc1)N(C)C. The summed E-state index contributed by atoms with van der Waals surface area (Å²) in [6.07, 6.45) is 0. The van der Waals surface area contributed by atoms with Crippen LogP contribution in [0.4, 0.5) is 0 Å². The Balaban J connectivity index is 1.78. The van der Waals surface area contributed by atoms with E-state index in [1.54, 1.807) is 7.11 Å². The van der Waals surface area contributed by atoms with E-state index >= 15 is 0 Å². The summed E-state index contributed by atoms with van der Waals surface area (Å²) in [4.78, 5) is 2.25. The molecule has 0 bridgehead atoms. The van der Waals surface area contributed by atoms with Crippen LogP contribution in [0.3, 0.4) is 0 Å². The highest BCUT2D eigenvalue weighted by atomic mass is 16.5. The minimum atomic E-state index is 0.335. The zero-order chi connectivity index (χ0) is 17.6. The van der Waals surface area contributed by atoms with Gasteiger partial charge < -0.3 is 15.0 Å². The maximum absolute atomic E-state index is 5.59. The van der Waals surface area contributed by atoms with Gasteiger partial charge >= 0.3 is 0 Å². The number of nitrogens with one attached hydrogen (secondary N) is 1. The second-order valence-corrected chi connectivity index (χ2v) is 6.49. The van der Waals surface area contributed by atoms with Crippen molar-refractivity contribution in [1.29, 1.82) is 0 Å². The van der Waals surface area contributed by atoms with Gasteiger partial charge in [-0.15, -0.1) is 0 Å². The van der Waals surface area contributed by atoms with Gasteiger partial charge in [-0.1, -0.05) is 60.7 Å². The lowest BCUT2D eigenvalue weighted by Crippen LogP contribution is -2.30. The summed E-state index contributed by atoms with van der Waals surface area (Å²) in [6.45, 7) is 1.66. The van der Waals surface area contributed by atoms with Gasteiger partial charge in [0.05, 0.1) is 7.11 Å². The summed E-state index contributed by atoms with van der Waals surface area (Å²) in [5.41, 5.74) is 2.54. The Kier molecular flexibility index (Phi) is 5.69. The summed E-state index contributed by atoms with van der Waals surface area (Å²) in [5.74, 6) is 0.937. The fourth-order valence-corrected chi connectivity index (χ4v) is 3.30. The van der Waals surface area contributed by atoms with Crippen molar-refractivity contribution in [1.82, 2.24) is 10.2 Å². The van der Waals surface area contributed by atoms with E-state index in [0.29, 0.717) is 6.04 Å². The molecular formula is C22H26N2O. The molecule has 1 unspecified atom stereocenters. The first kappa shape index (κ1) is 17.5. The van der Waals surface area contributed by atoms with Crippen molar-refractivity contribution in [3.8, 4) is 5.75 Å². The van der Waals surface area contributed by atoms with E-state index in [9.17, 15) is 0 Å². The van der Waals surface area contributed by atoms with Crippen LogP contribution in [0.1, 0.15) is 17.2 Å². The summed E-state index contributed by atoms with van der Waals surface area (Å²) >= 11 is 0. The number of hydrogen-bond acceptors (Lipinski definition) is 3. The molecule has 130 valence electrons. The van der Waals surface area contributed by atoms with Gasteiger partial charge in [0.1, 0.15) is 5.75 Å². The first-order chi connectivity index (χ1) is 12.2. The highest BCUT2D eigenvalue weighted by Gasteiger charge is 2.14. The molecule has 0 radical (unpaired) electrons. The first-order valence-corrected chi connectivity index (χ1v) is 8.67. The molecule has 3 nitrogen and oxygen atoms in total. The van der Waals surface area contributed by atoms with Gasteiger partial charge in [-0.2, -0.15) is 0 Å². The Bertz CT molecular complexity index is 815. The maximum Gasteiger partial charge on any atom is 0.123 e. The number of rotatable bonds is 7. The van der Waals surface area contributed by atoms with Crippen molar-refractivity contribution < 1.29 is 4.74 Å². The van der Waals surface area contributed by atoms with Crippen LogP contribution >= 0.6 is 0 Å². The van der Waals surface area contributed by atoms with E-state index < -0.39 is 0 Å². The van der Waals surface area contributed by atoms with Crippen LogP contribution in [-0.4, -0.2) is 32.6 Å². The highest BCUT2D eigenvalue weighted by Crippen LogP contribution is 2.28. The molecule has 0 spiro atoms. The lowest BCUT2D eigenvalue weighted by Gasteiger charge is -2.25. The van der Waals surface area contributed by atoms with Crippen molar-refractivity contribution in [2.24, 2.45) is 0 Å². The molecule has 0 heterocycles. The average molecular weight is 334 g/mol. The molecule has 0 fully saturated rings. The molecule has 1 N–H and O–H groups in total. The minimum Gasteiger partial charge on any atom is -0.496 e. The van der Waals surface area contributed by atoms with E-state index in [4.69, 9.17) is 4.74 Å². The van der Waals surface area contributed by atoms with Crippen molar-refractivity contribution in [2.75, 3.05) is 27.7 Å². The normalized spacial score (nSPS) is 12.5. The number of benzene rings is 3. The van der Waals surface area contributed by atoms with Crippen molar-refractivity contribution in [2.45, 2.75) is 12.6 Å². The molecule has 3 aromatic carbocycles. The number of likely N-dealkylation sites (N-methyl/N-ethyl adjacent to an activating group) is 1. The van der Waals surface area contributed by atoms with E-state index in [1.165, 1.54) is 21.9 Å². The van der Waals surface area contributed by atoms with E-state index in [2.05, 4.69) is 91.0 Å². The summed E-state index contributed by atoms with van der Waals surface area (Å²) in [5, 5.41) is 6.12. The van der Waals surface area contributed by atoms with E-state index in [1.807, 2.05) is 0 Å². The quantitative estimate of drug-likeness (QED) is 0.699. The van der Waals surface area contributed by atoms with E-state index in [-0.39, 0.29) is 0 Å². The lowest BCUT2D eigenvalue weighted by molar-refractivity contribution is 0.288. The first-order valence-electron chi connectivity index (χ1n) is 8.67. The molecule has 3 aromatic rings. The van der Waals surface area contributed by atoms with Gasteiger partial charge in [0.25, 0.3) is 0 Å². The Morgan fingerprint density at radius 2 is 1.64 bits per heavy atom. The third-order valence-electron chi connectivity index (χ3n) is 4.66. The second kappa shape index (κ2) is 8.15. The monoisotopic (exact) mass is 334 g/mol. The zero-order valence-electron chi connectivity index (χ0n) is 15.2. The van der Waals surface area contributed by atoms with Crippen LogP contribution in [0.25, 0.3) is 10.8 Å². The number of ether oxygens (including phenoxy) is 1. The zero-order valence-corrected chi connectivity index (χ0v) is 15.2. The molecule has 0 aliphatic carbocycles. The Labute approximate surface area is 150 Å². The molecule has 0 saturated heterocycles. The molecule has 0 amide bonds. The number of methoxy groups -OCH3 is 1.